The molecular weight excluding hydrogens is 480 g/mol. The summed E-state index contributed by atoms with van der Waals surface area (Å²) in [6.07, 6.45) is 0. The molecule has 31 heavy (non-hydrogen) atoms. The van der Waals surface area contributed by atoms with Gasteiger partial charge in [0.25, 0.3) is 0 Å². The first-order chi connectivity index (χ1) is 14.7. The van der Waals surface area contributed by atoms with Gasteiger partial charge in [-0.25, -0.2) is 0 Å². The molecule has 0 aliphatic carbocycles. The van der Waals surface area contributed by atoms with Crippen LogP contribution in [0.15, 0.2) is 121 Å². The standard InChI is InChI=1S/C15H17P.C12H10P.ClH.Ni/c1-13(2)16(14-9-5-3-6-10-14)15-11-7-4-8-12-15;1-3-7-11(8-4-1)13-12-9-5-2-6-10-12;;/h3-13H,1-2H3;1-10H;1H;/q;-1;;+2/p-1. The normalized spacial score (nSPS) is 10.4. The van der Waals surface area contributed by atoms with Gasteiger partial charge in [-0.15, -0.1) is 0 Å². The predicted octanol–water partition coefficient (Wildman–Crippen LogP) is 3.11. The van der Waals surface area contributed by atoms with Gasteiger partial charge < -0.3 is 12.4 Å². The van der Waals surface area contributed by atoms with Crippen molar-refractivity contribution in [2.24, 2.45) is 0 Å². The van der Waals surface area contributed by atoms with Gasteiger partial charge in [0.2, 0.25) is 0 Å². The van der Waals surface area contributed by atoms with Crippen molar-refractivity contribution in [3.8, 4) is 0 Å². The van der Waals surface area contributed by atoms with E-state index in [1.165, 1.54) is 21.2 Å². The summed E-state index contributed by atoms with van der Waals surface area (Å²) in [4.78, 5) is 0. The monoisotopic (exact) mass is 506 g/mol. The van der Waals surface area contributed by atoms with Crippen molar-refractivity contribution in [2.75, 3.05) is 0 Å². The van der Waals surface area contributed by atoms with Gasteiger partial charge in [0.15, 0.2) is 0 Å². The fraction of sp³-hybridized carbons (Fsp3) is 0.111. The van der Waals surface area contributed by atoms with Gasteiger partial charge in [0.05, 0.1) is 0 Å². The summed E-state index contributed by atoms with van der Waals surface area (Å²) >= 11 is 5.21. The second-order valence-corrected chi connectivity index (χ2v) is 12.7. The second-order valence-electron chi connectivity index (χ2n) is 7.06. The first kappa shape index (κ1) is 25.8. The first-order valence-corrected chi connectivity index (χ1v) is 14.0. The van der Waals surface area contributed by atoms with Crippen LogP contribution in [0.1, 0.15) is 13.8 Å². The molecule has 4 heteroatoms. The van der Waals surface area contributed by atoms with Gasteiger partial charge >= 0.3 is 93.0 Å². The fourth-order valence-electron chi connectivity index (χ4n) is 3.17. The Morgan fingerprint density at radius 3 is 1.00 bits per heavy atom. The predicted molar refractivity (Wildman–Crippen MR) is 133 cm³/mol. The minimum atomic E-state index is -0.546. The molecular formula is C27H27ClNiP2. The van der Waals surface area contributed by atoms with Gasteiger partial charge in [0.1, 0.15) is 0 Å². The SMILES string of the molecule is CC(C)P(c1ccccc1)c1ccccc1.[Cl-].[Ni+][P](c1ccccc1)c1ccccc1. The third-order valence-electron chi connectivity index (χ3n) is 4.52. The van der Waals surface area contributed by atoms with Crippen LogP contribution in [0.4, 0.5) is 0 Å². The number of benzene rings is 4. The quantitative estimate of drug-likeness (QED) is 0.288. The minimum absolute atomic E-state index is 0. The molecule has 0 radical (unpaired) electrons. The van der Waals surface area contributed by atoms with Gasteiger partial charge in [-0.05, 0) is 24.2 Å². The van der Waals surface area contributed by atoms with E-state index < -0.39 is 6.70 Å². The Hall–Kier alpha value is -1.48. The zero-order valence-electron chi connectivity index (χ0n) is 17.7. The molecule has 0 atom stereocenters. The Bertz CT molecular complexity index is 902. The van der Waals surface area contributed by atoms with E-state index in [1.54, 1.807) is 0 Å². The molecule has 0 bridgehead atoms. The van der Waals surface area contributed by atoms with Crippen LogP contribution in [0.2, 0.25) is 0 Å². The van der Waals surface area contributed by atoms with Crippen LogP contribution in [0.3, 0.4) is 0 Å². The van der Waals surface area contributed by atoms with E-state index in [2.05, 4.69) is 98.8 Å². The average molecular weight is 508 g/mol. The maximum atomic E-state index is 5.21. The molecule has 0 heterocycles. The Balaban J connectivity index is 0.000000215. The van der Waals surface area contributed by atoms with E-state index in [1.807, 2.05) is 36.4 Å². The Morgan fingerprint density at radius 1 is 0.484 bits per heavy atom. The third-order valence-corrected chi connectivity index (χ3v) is 10.2. The molecule has 0 fully saturated rings. The van der Waals surface area contributed by atoms with Crippen molar-refractivity contribution < 1.29 is 27.4 Å². The molecule has 4 aromatic rings. The first-order valence-electron chi connectivity index (χ1n) is 10.1. The molecule has 0 aromatic heterocycles. The van der Waals surface area contributed by atoms with Gasteiger partial charge in [0, 0.05) is 0 Å². The molecule has 4 rings (SSSR count). The van der Waals surface area contributed by atoms with Crippen LogP contribution in [0.25, 0.3) is 0 Å². The van der Waals surface area contributed by atoms with E-state index in [4.69, 9.17) is 15.0 Å². The van der Waals surface area contributed by atoms with Crippen LogP contribution in [-0.2, 0) is 15.0 Å². The van der Waals surface area contributed by atoms with E-state index in [9.17, 15) is 0 Å². The van der Waals surface area contributed by atoms with Crippen LogP contribution in [-0.4, -0.2) is 5.66 Å². The number of rotatable bonds is 5. The average Bonchev–Trinajstić information content (AvgIpc) is 2.81. The van der Waals surface area contributed by atoms with Crippen LogP contribution >= 0.6 is 14.6 Å². The molecule has 0 nitrogen and oxygen atoms in total. The van der Waals surface area contributed by atoms with Gasteiger partial charge in [-0.2, -0.15) is 0 Å². The van der Waals surface area contributed by atoms with E-state index in [0.717, 1.165) is 0 Å². The topological polar surface area (TPSA) is 0 Å². The summed E-state index contributed by atoms with van der Waals surface area (Å²) in [6.45, 7) is 4.08. The zero-order valence-corrected chi connectivity index (χ0v) is 21.2. The van der Waals surface area contributed by atoms with Crippen molar-refractivity contribution in [1.29, 1.82) is 0 Å². The van der Waals surface area contributed by atoms with Crippen LogP contribution < -0.4 is 33.6 Å². The van der Waals surface area contributed by atoms with Crippen LogP contribution in [0.5, 0.6) is 0 Å². The van der Waals surface area contributed by atoms with E-state index in [0.29, 0.717) is 5.66 Å². The van der Waals surface area contributed by atoms with Crippen molar-refractivity contribution in [1.82, 2.24) is 0 Å². The number of hydrogen-bond donors (Lipinski definition) is 0. The molecule has 0 spiro atoms. The Kier molecular flexibility index (Phi) is 11.5. The summed E-state index contributed by atoms with van der Waals surface area (Å²) in [5, 5.41) is 5.49. The third kappa shape index (κ3) is 7.86. The van der Waals surface area contributed by atoms with E-state index >= 15 is 0 Å². The van der Waals surface area contributed by atoms with Gasteiger partial charge in [-0.3, -0.25) is 0 Å². The summed E-state index contributed by atoms with van der Waals surface area (Å²) in [5.74, 6) is 0. The number of hydrogen-bond acceptors (Lipinski definition) is 0. The second kappa shape index (κ2) is 13.8. The van der Waals surface area contributed by atoms with Crippen LogP contribution in [0, 0.1) is 0 Å². The Morgan fingerprint density at radius 2 is 0.742 bits per heavy atom. The molecule has 0 saturated heterocycles. The summed E-state index contributed by atoms with van der Waals surface area (Å²) in [6, 6.07) is 42.4. The van der Waals surface area contributed by atoms with Crippen molar-refractivity contribution >= 4 is 35.8 Å². The molecule has 0 unspecified atom stereocenters. The Labute approximate surface area is 203 Å². The van der Waals surface area contributed by atoms with Gasteiger partial charge in [-0.1, -0.05) is 74.5 Å². The zero-order chi connectivity index (χ0) is 21.2. The molecule has 4 aromatic carbocycles. The molecule has 0 aliphatic heterocycles. The molecule has 0 aliphatic rings. The molecule has 0 amide bonds. The molecule has 0 N–H and O–H groups in total. The summed E-state index contributed by atoms with van der Waals surface area (Å²) in [7, 11) is -0.210. The van der Waals surface area contributed by atoms with Crippen molar-refractivity contribution in [3.05, 3.63) is 121 Å². The van der Waals surface area contributed by atoms with E-state index in [-0.39, 0.29) is 20.3 Å². The maximum absolute atomic E-state index is 5.21. The fourth-order valence-corrected chi connectivity index (χ4v) is 7.66. The molecule has 0 saturated carbocycles. The summed E-state index contributed by atoms with van der Waals surface area (Å²) < 4.78 is 0. The number of halogens is 1. The van der Waals surface area contributed by atoms with Crippen molar-refractivity contribution in [3.63, 3.8) is 0 Å². The summed E-state index contributed by atoms with van der Waals surface area (Å²) in [5.41, 5.74) is 0.680. The van der Waals surface area contributed by atoms with Crippen molar-refractivity contribution in [2.45, 2.75) is 19.5 Å². The molecule has 162 valence electrons.